The Hall–Kier alpha value is -5.97. The molecule has 0 bridgehead atoms. The van der Waals surface area contributed by atoms with Crippen molar-refractivity contribution in [1.29, 1.82) is 0 Å². The molecule has 1 heterocycles. The van der Waals surface area contributed by atoms with Crippen molar-refractivity contribution in [1.82, 2.24) is 31.5 Å². The van der Waals surface area contributed by atoms with Crippen molar-refractivity contribution < 1.29 is 43.8 Å². The number of primary amides is 1. The number of aliphatic imine (C=N–C) groups is 1. The summed E-state index contributed by atoms with van der Waals surface area (Å²) in [5, 5.41) is 32.9. The van der Waals surface area contributed by atoms with Gasteiger partial charge in [-0.15, -0.1) is 0 Å². The van der Waals surface area contributed by atoms with Gasteiger partial charge in [0, 0.05) is 25.9 Å². The number of nitrogens with two attached hydrogens (primary N) is 5. The number of phenolic OH excluding ortho intramolecular Hbond substituents is 1. The molecule has 0 aromatic heterocycles. The van der Waals surface area contributed by atoms with Crippen LogP contribution in [0.15, 0.2) is 59.6 Å². The molecule has 0 radical (unpaired) electrons. The summed E-state index contributed by atoms with van der Waals surface area (Å²) >= 11 is 1.41. The molecule has 65 heavy (non-hydrogen) atoms. The monoisotopic (exact) mass is 926 g/mol. The summed E-state index contributed by atoms with van der Waals surface area (Å²) in [6, 6.07) is 6.67. The third kappa shape index (κ3) is 18.2. The van der Waals surface area contributed by atoms with E-state index in [9.17, 15) is 43.8 Å². The van der Waals surface area contributed by atoms with Crippen LogP contribution in [-0.2, 0) is 46.4 Å². The van der Waals surface area contributed by atoms with Gasteiger partial charge in [-0.2, -0.15) is 11.8 Å². The number of amides is 7. The number of aliphatic hydroxyl groups excluding tert-OH is 1. The van der Waals surface area contributed by atoms with Crippen molar-refractivity contribution in [2.75, 3.05) is 38.2 Å². The van der Waals surface area contributed by atoms with E-state index in [0.29, 0.717) is 37.1 Å². The van der Waals surface area contributed by atoms with Gasteiger partial charge < -0.3 is 70.4 Å². The van der Waals surface area contributed by atoms with E-state index in [-0.39, 0.29) is 69.7 Å². The second kappa shape index (κ2) is 28.0. The lowest BCUT2D eigenvalue weighted by molar-refractivity contribution is -0.142. The standard InChI is InChI=1S/C43H66N12O9S/c1-65-22-18-31(39(61)50-30(12-7-20-49-43(47)48)38(60)53-33(36(46)58)23-26-9-3-2-4-10-26)51-40(62)34(24-27-14-16-28(57)17-15-27)54-41(63)35-13-8-21-55(35)42(64)32(11-5-6-19-44)52-37(59)29(45)25-56/h2-4,9-10,14-17,29-35,56-57H,5-8,11-13,18-25,44-45H2,1H3,(H2,46,58)(H,50,61)(H,51,62)(H,52,59)(H,53,60)(H,54,63)(H4,47,48,49). The van der Waals surface area contributed by atoms with Crippen molar-refractivity contribution in [2.24, 2.45) is 33.7 Å². The van der Waals surface area contributed by atoms with E-state index in [2.05, 4.69) is 31.6 Å². The van der Waals surface area contributed by atoms with E-state index < -0.39 is 90.3 Å². The number of rotatable bonds is 28. The molecule has 2 aromatic rings. The number of nitrogens with one attached hydrogen (secondary N) is 5. The molecule has 1 saturated heterocycles. The van der Waals surface area contributed by atoms with Crippen molar-refractivity contribution in [3.8, 4) is 5.75 Å². The topological polar surface area (TPSA) is 366 Å². The molecule has 2 aromatic carbocycles. The maximum Gasteiger partial charge on any atom is 0.245 e. The highest BCUT2D eigenvalue weighted by atomic mass is 32.2. The molecule has 1 aliphatic rings. The van der Waals surface area contributed by atoms with Gasteiger partial charge in [-0.05, 0) is 93.2 Å². The number of likely N-dealkylation sites (tertiary alicyclic amines) is 1. The number of phenols is 1. The summed E-state index contributed by atoms with van der Waals surface area (Å²) in [6.07, 6.45) is 4.16. The zero-order valence-corrected chi connectivity index (χ0v) is 37.6. The fourth-order valence-electron chi connectivity index (χ4n) is 7.13. The summed E-state index contributed by atoms with van der Waals surface area (Å²) in [4.78, 5) is 101. The highest BCUT2D eigenvalue weighted by Gasteiger charge is 2.40. The van der Waals surface area contributed by atoms with Crippen LogP contribution in [0.1, 0.15) is 62.5 Å². The van der Waals surface area contributed by atoms with Gasteiger partial charge in [0.25, 0.3) is 0 Å². The number of carbonyl (C=O) groups excluding carboxylic acids is 7. The van der Waals surface area contributed by atoms with E-state index in [1.807, 2.05) is 6.26 Å². The molecule has 0 spiro atoms. The SMILES string of the molecule is CSCCC(NC(=O)C(Cc1ccc(O)cc1)NC(=O)C1CCCN1C(=O)C(CCCCN)NC(=O)C(N)CO)C(=O)NC(CCCN=C(N)N)C(=O)NC(Cc1ccccc1)C(N)=O. The molecule has 7 amide bonds. The van der Waals surface area contributed by atoms with Gasteiger partial charge in [0.05, 0.1) is 6.61 Å². The molecule has 17 N–H and O–H groups in total. The zero-order chi connectivity index (χ0) is 47.9. The van der Waals surface area contributed by atoms with E-state index in [1.54, 1.807) is 42.5 Å². The average Bonchev–Trinajstić information content (AvgIpc) is 3.78. The number of hydrogen-bond acceptors (Lipinski definition) is 13. The molecule has 1 fully saturated rings. The molecule has 0 aliphatic carbocycles. The lowest BCUT2D eigenvalue weighted by atomic mass is 10.0. The Labute approximate surface area is 383 Å². The number of hydrogen-bond donors (Lipinski definition) is 12. The largest absolute Gasteiger partial charge is 0.508 e. The minimum atomic E-state index is -1.30. The fraction of sp³-hybridized carbons (Fsp3) is 0.535. The first-order valence-electron chi connectivity index (χ1n) is 21.6. The number of aromatic hydroxyl groups is 1. The zero-order valence-electron chi connectivity index (χ0n) is 36.8. The quantitative estimate of drug-likeness (QED) is 0.0236. The van der Waals surface area contributed by atoms with E-state index in [4.69, 9.17) is 28.7 Å². The molecule has 7 unspecified atom stereocenters. The summed E-state index contributed by atoms with van der Waals surface area (Å²) in [6.45, 7) is 0.0259. The summed E-state index contributed by atoms with van der Waals surface area (Å²) in [5.74, 6) is -4.69. The normalized spacial score (nSPS) is 16.1. The smallest absolute Gasteiger partial charge is 0.245 e. The lowest BCUT2D eigenvalue weighted by Crippen LogP contribution is -2.60. The number of unbranched alkanes of at least 4 members (excludes halogenated alkanes) is 1. The summed E-state index contributed by atoms with van der Waals surface area (Å²) < 4.78 is 0. The first-order chi connectivity index (χ1) is 31.1. The Kier molecular flexibility index (Phi) is 23.0. The number of thioether (sulfide) groups is 1. The highest BCUT2D eigenvalue weighted by Crippen LogP contribution is 2.21. The van der Waals surface area contributed by atoms with Crippen LogP contribution in [0.25, 0.3) is 0 Å². The maximum absolute atomic E-state index is 14.3. The Morgan fingerprint density at radius 3 is 1.91 bits per heavy atom. The van der Waals surface area contributed by atoms with Crippen LogP contribution in [-0.4, -0.2) is 143 Å². The molecular weight excluding hydrogens is 861 g/mol. The molecule has 22 heteroatoms. The van der Waals surface area contributed by atoms with Crippen LogP contribution < -0.4 is 55.3 Å². The second-order valence-corrected chi connectivity index (χ2v) is 16.7. The molecule has 21 nitrogen and oxygen atoms in total. The number of carbonyl (C=O) groups is 7. The predicted molar refractivity (Wildman–Crippen MR) is 246 cm³/mol. The van der Waals surface area contributed by atoms with Gasteiger partial charge in [-0.25, -0.2) is 0 Å². The Morgan fingerprint density at radius 1 is 0.738 bits per heavy atom. The van der Waals surface area contributed by atoms with Gasteiger partial charge in [0.15, 0.2) is 5.96 Å². The van der Waals surface area contributed by atoms with Gasteiger partial charge in [-0.3, -0.25) is 38.6 Å². The lowest BCUT2D eigenvalue weighted by Gasteiger charge is -2.30. The van der Waals surface area contributed by atoms with Gasteiger partial charge in [-0.1, -0.05) is 42.5 Å². The number of nitrogens with zero attached hydrogens (tertiary/aromatic N) is 2. The van der Waals surface area contributed by atoms with Gasteiger partial charge >= 0.3 is 0 Å². The molecule has 7 atom stereocenters. The van der Waals surface area contributed by atoms with Crippen LogP contribution in [0, 0.1) is 0 Å². The molecular formula is C43H66N12O9S. The van der Waals surface area contributed by atoms with E-state index in [1.165, 1.54) is 28.8 Å². The maximum atomic E-state index is 14.3. The van der Waals surface area contributed by atoms with Crippen LogP contribution in [0.5, 0.6) is 5.75 Å². The summed E-state index contributed by atoms with van der Waals surface area (Å²) in [5.41, 5.74) is 29.3. The molecule has 358 valence electrons. The predicted octanol–water partition coefficient (Wildman–Crippen LogP) is -2.67. The minimum Gasteiger partial charge on any atom is -0.508 e. The Bertz CT molecular complexity index is 1910. The van der Waals surface area contributed by atoms with Crippen molar-refractivity contribution in [3.63, 3.8) is 0 Å². The third-order valence-corrected chi connectivity index (χ3v) is 11.4. The number of guanidine groups is 1. The first kappa shape index (κ1) is 53.4. The van der Waals surface area contributed by atoms with Crippen LogP contribution >= 0.6 is 11.8 Å². The first-order valence-corrected chi connectivity index (χ1v) is 23.0. The Morgan fingerprint density at radius 2 is 1.31 bits per heavy atom. The Balaban J connectivity index is 1.88. The highest BCUT2D eigenvalue weighted by molar-refractivity contribution is 7.98. The van der Waals surface area contributed by atoms with Crippen LogP contribution in [0.2, 0.25) is 0 Å². The van der Waals surface area contributed by atoms with Crippen molar-refractivity contribution in [2.45, 2.75) is 107 Å². The number of benzene rings is 2. The van der Waals surface area contributed by atoms with Crippen molar-refractivity contribution in [3.05, 3.63) is 65.7 Å². The fourth-order valence-corrected chi connectivity index (χ4v) is 7.60. The van der Waals surface area contributed by atoms with Crippen LogP contribution in [0.4, 0.5) is 0 Å². The molecule has 1 aliphatic heterocycles. The van der Waals surface area contributed by atoms with Gasteiger partial charge in [0.2, 0.25) is 41.4 Å². The second-order valence-electron chi connectivity index (χ2n) is 15.8. The van der Waals surface area contributed by atoms with Crippen LogP contribution in [0.3, 0.4) is 0 Å². The number of aliphatic hydroxyl groups is 1. The van der Waals surface area contributed by atoms with Crippen molar-refractivity contribution >= 4 is 59.1 Å². The molecule has 3 rings (SSSR count). The third-order valence-electron chi connectivity index (χ3n) is 10.7. The molecule has 0 saturated carbocycles. The van der Waals surface area contributed by atoms with Gasteiger partial charge in [0.1, 0.15) is 48.0 Å². The average molecular weight is 927 g/mol. The summed E-state index contributed by atoms with van der Waals surface area (Å²) in [7, 11) is 0. The van der Waals surface area contributed by atoms with E-state index in [0.717, 1.165) is 5.56 Å². The van der Waals surface area contributed by atoms with E-state index >= 15 is 0 Å². The minimum absolute atomic E-state index is 0.0279.